The molecule has 4 heteroatoms. The summed E-state index contributed by atoms with van der Waals surface area (Å²) in [6.07, 6.45) is 2.88. The predicted octanol–water partition coefficient (Wildman–Crippen LogP) is 2.37. The van der Waals surface area contributed by atoms with E-state index in [0.29, 0.717) is 11.1 Å². The van der Waals surface area contributed by atoms with Crippen molar-refractivity contribution in [3.8, 4) is 11.8 Å². The Labute approximate surface area is 105 Å². The van der Waals surface area contributed by atoms with Crippen LogP contribution in [0.3, 0.4) is 0 Å². The van der Waals surface area contributed by atoms with Gasteiger partial charge >= 0.3 is 0 Å². The third-order valence-corrected chi connectivity index (χ3v) is 2.58. The first-order chi connectivity index (χ1) is 8.52. The Bertz CT molecular complexity index is 722. The van der Waals surface area contributed by atoms with E-state index in [4.69, 9.17) is 0 Å². The highest BCUT2D eigenvalue weighted by Gasteiger charge is 2.11. The highest BCUT2D eigenvalue weighted by Crippen LogP contribution is 2.22. The Hall–Kier alpha value is -2.41. The number of rotatable bonds is 1. The van der Waals surface area contributed by atoms with Crippen LogP contribution in [0, 0.1) is 24.6 Å². The molecule has 92 valence electrons. The first kappa shape index (κ1) is 12.1. The van der Waals surface area contributed by atoms with Crippen LogP contribution in [0.4, 0.5) is 4.39 Å². The summed E-state index contributed by atoms with van der Waals surface area (Å²) >= 11 is 0. The number of hydrogen-bond donors (Lipinski definition) is 0. The van der Waals surface area contributed by atoms with Crippen molar-refractivity contribution >= 4 is 16.7 Å². The molecule has 1 aromatic heterocycles. The lowest BCUT2D eigenvalue weighted by atomic mass is 10.1. The third-order valence-electron chi connectivity index (χ3n) is 2.58. The summed E-state index contributed by atoms with van der Waals surface area (Å²) in [6, 6.07) is 1.59. The molecule has 3 nitrogen and oxygen atoms in total. The minimum absolute atomic E-state index is 0. The molecule has 0 spiro atoms. The quantitative estimate of drug-likeness (QED) is 0.570. The lowest BCUT2D eigenvalue weighted by molar-refractivity contribution is -0.109. The monoisotopic (exact) mass is 244 g/mol. The van der Waals surface area contributed by atoms with Gasteiger partial charge in [-0.2, -0.15) is 5.10 Å². The van der Waals surface area contributed by atoms with E-state index in [2.05, 4.69) is 23.5 Å². The van der Waals surface area contributed by atoms with Crippen LogP contribution in [-0.4, -0.2) is 15.6 Å². The summed E-state index contributed by atoms with van der Waals surface area (Å²) in [5, 5.41) is 4.97. The van der Waals surface area contributed by atoms with Gasteiger partial charge in [0.15, 0.2) is 0 Å². The lowest BCUT2D eigenvalue weighted by Gasteiger charge is -2.00. The van der Waals surface area contributed by atoms with Gasteiger partial charge in [-0.25, -0.2) is 4.39 Å². The number of ketones is 1. The number of aryl methyl sites for hydroxylation is 2. The van der Waals surface area contributed by atoms with E-state index in [1.165, 1.54) is 0 Å². The Morgan fingerprint density at radius 3 is 3.06 bits per heavy atom. The number of fused-ring (bicyclic) bond motifs is 1. The molecule has 0 bridgehead atoms. The molecular weight excluding hydrogens is 231 g/mol. The van der Waals surface area contributed by atoms with Crippen molar-refractivity contribution in [2.24, 2.45) is 7.05 Å². The molecular formula is C14H13FN2O. The summed E-state index contributed by atoms with van der Waals surface area (Å²) in [6.45, 7) is 4.95. The molecule has 2 aromatic rings. The Kier molecular flexibility index (Phi) is 2.99. The molecule has 1 aromatic carbocycles. The van der Waals surface area contributed by atoms with Gasteiger partial charge in [0.1, 0.15) is 5.82 Å². The molecule has 0 radical (unpaired) electrons. The van der Waals surface area contributed by atoms with Gasteiger partial charge < -0.3 is 0 Å². The fourth-order valence-electron chi connectivity index (χ4n) is 1.70. The maximum Gasteiger partial charge on any atom is 0.228 e. The van der Waals surface area contributed by atoms with Crippen LogP contribution in [0.25, 0.3) is 10.9 Å². The van der Waals surface area contributed by atoms with Crippen molar-refractivity contribution in [2.45, 2.75) is 6.92 Å². The molecule has 0 aliphatic carbocycles. The molecule has 0 aliphatic rings. The second kappa shape index (κ2) is 4.46. The van der Waals surface area contributed by atoms with E-state index in [-0.39, 0.29) is 6.99 Å². The van der Waals surface area contributed by atoms with Crippen LogP contribution in [0.1, 0.15) is 12.6 Å². The smallest absolute Gasteiger partial charge is 0.228 e. The number of benzene rings is 1. The number of carbonyl (C=O) groups excluding carboxylic acids is 1. The van der Waals surface area contributed by atoms with Crippen molar-refractivity contribution in [3.05, 3.63) is 41.9 Å². The van der Waals surface area contributed by atoms with E-state index in [1.807, 2.05) is 0 Å². The number of carbonyl (C=O) groups is 1. The van der Waals surface area contributed by atoms with Crippen LogP contribution >= 0.6 is 0 Å². The number of halogens is 1. The molecule has 0 saturated carbocycles. The molecule has 0 saturated heterocycles. The molecule has 0 unspecified atom stereocenters. The summed E-state index contributed by atoms with van der Waals surface area (Å²) < 4.78 is 15.6. The number of allylic oxidation sites excluding steroid dienone is 1. The van der Waals surface area contributed by atoms with E-state index in [0.717, 1.165) is 11.5 Å². The third kappa shape index (κ3) is 2.03. The minimum atomic E-state index is -0.439. The van der Waals surface area contributed by atoms with E-state index in [1.54, 1.807) is 30.9 Å². The molecule has 0 aliphatic heterocycles. The van der Waals surface area contributed by atoms with Crippen molar-refractivity contribution in [1.82, 2.24) is 9.78 Å². The van der Waals surface area contributed by atoms with Crippen LogP contribution < -0.4 is 0 Å². The normalized spacial score (nSPS) is 9.94. The summed E-state index contributed by atoms with van der Waals surface area (Å²) in [5.41, 5.74) is 1.24. The average molecular weight is 244 g/mol. The van der Waals surface area contributed by atoms with Crippen molar-refractivity contribution < 1.29 is 10.6 Å². The molecule has 0 fully saturated rings. The Morgan fingerprint density at radius 2 is 2.39 bits per heavy atom. The van der Waals surface area contributed by atoms with Crippen LogP contribution in [-0.2, 0) is 11.8 Å². The number of nitrogens with zero attached hydrogens (tertiary/aromatic N) is 2. The van der Waals surface area contributed by atoms with Gasteiger partial charge in [-0.05, 0) is 25.0 Å². The average Bonchev–Trinajstić information content (AvgIpc) is 2.72. The first-order valence-electron chi connectivity index (χ1n) is 5.34. The zero-order chi connectivity index (χ0) is 13.3. The van der Waals surface area contributed by atoms with Crippen LogP contribution in [0.2, 0.25) is 0 Å². The molecule has 18 heavy (non-hydrogen) atoms. The fraction of sp³-hybridized carbons (Fsp3) is 0.143. The van der Waals surface area contributed by atoms with Gasteiger partial charge in [0.05, 0.1) is 11.1 Å². The standard InChI is InChI=1S/C14H11FN2O.H2/c1-4-12(18)6-5-10-7-11-8-17(3)16-14(11)9(2)13(10)15;/h4,7-8H,1H2,2-3H3;1H. The predicted molar refractivity (Wildman–Crippen MR) is 69.6 cm³/mol. The molecule has 2 rings (SSSR count). The van der Waals surface area contributed by atoms with Crippen molar-refractivity contribution in [3.63, 3.8) is 0 Å². The molecule has 1 heterocycles. The molecule has 0 N–H and O–H groups in total. The van der Waals surface area contributed by atoms with E-state index in [9.17, 15) is 9.18 Å². The van der Waals surface area contributed by atoms with E-state index < -0.39 is 11.6 Å². The topological polar surface area (TPSA) is 34.9 Å². The van der Waals surface area contributed by atoms with Gasteiger partial charge in [0, 0.05) is 25.6 Å². The molecule has 0 amide bonds. The highest BCUT2D eigenvalue weighted by atomic mass is 19.1. The second-order valence-electron chi connectivity index (χ2n) is 3.92. The van der Waals surface area contributed by atoms with Crippen molar-refractivity contribution in [1.29, 1.82) is 0 Å². The van der Waals surface area contributed by atoms with Gasteiger partial charge in [0.2, 0.25) is 5.78 Å². The van der Waals surface area contributed by atoms with Crippen LogP contribution in [0.15, 0.2) is 24.9 Å². The van der Waals surface area contributed by atoms with Crippen molar-refractivity contribution in [2.75, 3.05) is 0 Å². The minimum Gasteiger partial charge on any atom is -0.280 e. The van der Waals surface area contributed by atoms with Gasteiger partial charge in [-0.1, -0.05) is 12.5 Å². The Balaban J connectivity index is 0.00000180. The highest BCUT2D eigenvalue weighted by molar-refractivity contribution is 6.04. The maximum atomic E-state index is 14.0. The SMILES string of the molecule is C=CC(=O)C#Cc1cc2cn(C)nc2c(C)c1F.[HH]. The number of aromatic nitrogens is 2. The second-order valence-corrected chi connectivity index (χ2v) is 3.92. The van der Waals surface area contributed by atoms with Gasteiger partial charge in [-0.3, -0.25) is 9.48 Å². The molecule has 0 atom stereocenters. The lowest BCUT2D eigenvalue weighted by Crippen LogP contribution is -1.92. The maximum absolute atomic E-state index is 14.0. The first-order valence-corrected chi connectivity index (χ1v) is 5.34. The Morgan fingerprint density at radius 1 is 1.67 bits per heavy atom. The summed E-state index contributed by atoms with van der Waals surface area (Å²) in [7, 11) is 1.77. The van der Waals surface area contributed by atoms with Gasteiger partial charge in [0.25, 0.3) is 0 Å². The summed E-state index contributed by atoms with van der Waals surface area (Å²) in [5.74, 6) is 3.97. The largest absolute Gasteiger partial charge is 0.280 e. The summed E-state index contributed by atoms with van der Waals surface area (Å²) in [4.78, 5) is 11.0. The number of hydrogen-bond acceptors (Lipinski definition) is 2. The van der Waals surface area contributed by atoms with Crippen LogP contribution in [0.5, 0.6) is 0 Å². The fourth-order valence-corrected chi connectivity index (χ4v) is 1.70. The zero-order valence-corrected chi connectivity index (χ0v) is 10.1. The van der Waals surface area contributed by atoms with E-state index >= 15 is 0 Å². The van der Waals surface area contributed by atoms with Gasteiger partial charge in [-0.15, -0.1) is 0 Å². The zero-order valence-electron chi connectivity index (χ0n) is 10.1.